The van der Waals surface area contributed by atoms with Crippen molar-refractivity contribution in [3.05, 3.63) is 115 Å². The molecule has 5 heteroatoms. The van der Waals surface area contributed by atoms with Gasteiger partial charge in [0.05, 0.1) is 22.6 Å². The lowest BCUT2D eigenvalue weighted by atomic mass is 9.82. The lowest BCUT2D eigenvalue weighted by Crippen LogP contribution is -2.49. The summed E-state index contributed by atoms with van der Waals surface area (Å²) >= 11 is 0. The van der Waals surface area contributed by atoms with Gasteiger partial charge in [-0.1, -0.05) is 115 Å². The van der Waals surface area contributed by atoms with Crippen LogP contribution in [0.5, 0.6) is 0 Å². The smallest absolute Gasteiger partial charge is 0.330 e. The Bertz CT molecular complexity index is 1770. The normalized spacial score (nSPS) is 12.1. The number of hydrogen-bond donors (Lipinski definition) is 1. The first kappa shape index (κ1) is 26.9. The number of nitrogens with zero attached hydrogens (tertiary/aromatic N) is 2. The summed E-state index contributed by atoms with van der Waals surface area (Å²) in [6.07, 6.45) is 0. The van der Waals surface area contributed by atoms with Gasteiger partial charge in [-0.25, -0.2) is 9.97 Å². The standard InChI is InChI=1S/C36H32BN2O2/c1-35(2,40)36(3,4)41-37-27-17-9-16-26(22-27)34-38-32(30-20-10-14-24-12-5-7-18-28(24)30)23-33(39-34)31-21-11-15-25-13-6-8-19-29(25)31/h5-23,40H,1-4H3. The van der Waals surface area contributed by atoms with Crippen molar-refractivity contribution in [1.82, 2.24) is 9.97 Å². The molecule has 201 valence electrons. The second-order valence-corrected chi connectivity index (χ2v) is 11.4. The summed E-state index contributed by atoms with van der Waals surface area (Å²) in [6.45, 7) is 7.25. The van der Waals surface area contributed by atoms with Crippen molar-refractivity contribution in [1.29, 1.82) is 0 Å². The minimum atomic E-state index is -1.01. The van der Waals surface area contributed by atoms with Crippen molar-refractivity contribution < 1.29 is 9.76 Å². The monoisotopic (exact) mass is 535 g/mol. The van der Waals surface area contributed by atoms with Gasteiger partial charge in [0, 0.05) is 16.7 Å². The van der Waals surface area contributed by atoms with E-state index < -0.39 is 11.2 Å². The van der Waals surface area contributed by atoms with Crippen LogP contribution in [-0.2, 0) is 4.65 Å². The predicted octanol–water partition coefficient (Wildman–Crippen LogP) is 7.59. The first-order valence-electron chi connectivity index (χ1n) is 13.9. The van der Waals surface area contributed by atoms with Gasteiger partial charge in [0.15, 0.2) is 5.82 Å². The molecule has 0 aliphatic carbocycles. The zero-order valence-electron chi connectivity index (χ0n) is 23.8. The van der Waals surface area contributed by atoms with Crippen molar-refractivity contribution >= 4 is 34.5 Å². The Balaban J connectivity index is 1.50. The molecule has 5 aromatic carbocycles. The molecule has 0 saturated heterocycles. The molecule has 1 radical (unpaired) electrons. The molecule has 6 aromatic rings. The molecule has 0 amide bonds. The lowest BCUT2D eigenvalue weighted by Gasteiger charge is -2.37. The average Bonchev–Trinajstić information content (AvgIpc) is 2.99. The van der Waals surface area contributed by atoms with Crippen LogP contribution in [0, 0.1) is 0 Å². The Morgan fingerprint density at radius 3 is 1.68 bits per heavy atom. The molecule has 0 spiro atoms. The number of rotatable bonds is 7. The summed E-state index contributed by atoms with van der Waals surface area (Å²) in [7, 11) is 1.70. The molecule has 4 nitrogen and oxygen atoms in total. The highest BCUT2D eigenvalue weighted by molar-refractivity contribution is 6.47. The number of benzene rings is 5. The Morgan fingerprint density at radius 2 is 1.12 bits per heavy atom. The third-order valence-corrected chi connectivity index (χ3v) is 7.97. The highest BCUT2D eigenvalue weighted by Crippen LogP contribution is 2.34. The van der Waals surface area contributed by atoms with Crippen LogP contribution in [0.1, 0.15) is 27.7 Å². The Hall–Kier alpha value is -4.32. The van der Waals surface area contributed by atoms with E-state index in [9.17, 15) is 5.11 Å². The third kappa shape index (κ3) is 5.39. The first-order valence-corrected chi connectivity index (χ1v) is 13.9. The van der Waals surface area contributed by atoms with Crippen LogP contribution in [0.3, 0.4) is 0 Å². The van der Waals surface area contributed by atoms with Crippen LogP contribution in [0.25, 0.3) is 55.4 Å². The van der Waals surface area contributed by atoms with Gasteiger partial charge >= 0.3 is 7.48 Å². The van der Waals surface area contributed by atoms with E-state index in [-0.39, 0.29) is 0 Å². The Morgan fingerprint density at radius 1 is 0.610 bits per heavy atom. The van der Waals surface area contributed by atoms with E-state index in [0.717, 1.165) is 44.3 Å². The molecule has 1 N–H and O–H groups in total. The number of aliphatic hydroxyl groups is 1. The fourth-order valence-electron chi connectivity index (χ4n) is 4.86. The zero-order valence-corrected chi connectivity index (χ0v) is 23.8. The molecule has 0 atom stereocenters. The minimum absolute atomic E-state index is 0.635. The van der Waals surface area contributed by atoms with Crippen LogP contribution in [-0.4, -0.2) is 33.8 Å². The second-order valence-electron chi connectivity index (χ2n) is 11.4. The maximum atomic E-state index is 10.5. The van der Waals surface area contributed by atoms with E-state index in [4.69, 9.17) is 14.6 Å². The van der Waals surface area contributed by atoms with Crippen molar-refractivity contribution in [2.75, 3.05) is 0 Å². The molecular weight excluding hydrogens is 503 g/mol. The quantitative estimate of drug-likeness (QED) is 0.214. The minimum Gasteiger partial charge on any atom is -0.427 e. The molecule has 1 heterocycles. The van der Waals surface area contributed by atoms with Crippen molar-refractivity contribution in [2.45, 2.75) is 38.9 Å². The van der Waals surface area contributed by atoms with E-state index in [0.29, 0.717) is 5.82 Å². The maximum absolute atomic E-state index is 10.5. The topological polar surface area (TPSA) is 55.2 Å². The third-order valence-electron chi connectivity index (χ3n) is 7.97. The van der Waals surface area contributed by atoms with Crippen molar-refractivity contribution in [3.63, 3.8) is 0 Å². The van der Waals surface area contributed by atoms with Crippen LogP contribution in [0.2, 0.25) is 0 Å². The first-order chi connectivity index (χ1) is 19.7. The second kappa shape index (κ2) is 10.6. The summed E-state index contributed by atoms with van der Waals surface area (Å²) in [5.41, 5.74) is 3.82. The van der Waals surface area contributed by atoms with E-state index in [2.05, 4.69) is 91.0 Å². The fourth-order valence-corrected chi connectivity index (χ4v) is 4.86. The number of fused-ring (bicyclic) bond motifs is 2. The number of aromatic nitrogens is 2. The molecule has 0 fully saturated rings. The van der Waals surface area contributed by atoms with E-state index in [1.54, 1.807) is 21.3 Å². The highest BCUT2D eigenvalue weighted by Gasteiger charge is 2.35. The van der Waals surface area contributed by atoms with Crippen molar-refractivity contribution in [3.8, 4) is 33.9 Å². The fraction of sp³-hybridized carbons (Fsp3) is 0.167. The molecule has 0 aliphatic rings. The lowest BCUT2D eigenvalue weighted by molar-refractivity contribution is -0.0893. The molecular formula is C36H32BN2O2. The highest BCUT2D eigenvalue weighted by atomic mass is 16.5. The van der Waals surface area contributed by atoms with Crippen LogP contribution in [0.4, 0.5) is 0 Å². The van der Waals surface area contributed by atoms with Crippen LogP contribution in [0.15, 0.2) is 115 Å². The predicted molar refractivity (Wildman–Crippen MR) is 170 cm³/mol. The largest absolute Gasteiger partial charge is 0.427 e. The molecule has 41 heavy (non-hydrogen) atoms. The Labute approximate surface area is 242 Å². The van der Waals surface area contributed by atoms with Crippen LogP contribution < -0.4 is 5.46 Å². The van der Waals surface area contributed by atoms with Gasteiger partial charge < -0.3 is 9.76 Å². The van der Waals surface area contributed by atoms with Crippen molar-refractivity contribution in [2.24, 2.45) is 0 Å². The van der Waals surface area contributed by atoms with Gasteiger partial charge in [-0.05, 0) is 55.3 Å². The van der Waals surface area contributed by atoms with Crippen LogP contribution >= 0.6 is 0 Å². The van der Waals surface area contributed by atoms with Gasteiger partial charge in [-0.2, -0.15) is 0 Å². The van der Waals surface area contributed by atoms with Gasteiger partial charge in [-0.15, -0.1) is 0 Å². The SMILES string of the molecule is CC(C)(O)C(C)(C)O[B]c1cccc(-c2nc(-c3cccc4ccccc34)cc(-c3cccc4ccccc34)n2)c1. The average molecular weight is 535 g/mol. The molecule has 1 aromatic heterocycles. The number of hydrogen-bond acceptors (Lipinski definition) is 4. The molecule has 6 rings (SSSR count). The van der Waals surface area contributed by atoms with Gasteiger partial charge in [0.1, 0.15) is 0 Å². The Kier molecular flexibility index (Phi) is 6.94. The summed E-state index contributed by atoms with van der Waals surface area (Å²) in [6, 6.07) is 39.5. The molecule has 0 unspecified atom stereocenters. The summed E-state index contributed by atoms with van der Waals surface area (Å²) in [4.78, 5) is 10.2. The van der Waals surface area contributed by atoms with Gasteiger partial charge in [0.2, 0.25) is 0 Å². The van der Waals surface area contributed by atoms with E-state index in [1.807, 2.05) is 38.1 Å². The molecule has 0 saturated carbocycles. The summed E-state index contributed by atoms with van der Waals surface area (Å²) in [5, 5.41) is 15.1. The van der Waals surface area contributed by atoms with E-state index in [1.165, 1.54) is 10.8 Å². The zero-order chi connectivity index (χ0) is 28.6. The van der Waals surface area contributed by atoms with Gasteiger partial charge in [0.25, 0.3) is 0 Å². The summed E-state index contributed by atoms with van der Waals surface area (Å²) < 4.78 is 6.04. The molecule has 0 aliphatic heterocycles. The summed E-state index contributed by atoms with van der Waals surface area (Å²) in [5.74, 6) is 0.635. The molecule has 0 bridgehead atoms. The van der Waals surface area contributed by atoms with E-state index >= 15 is 0 Å². The van der Waals surface area contributed by atoms with Gasteiger partial charge in [-0.3, -0.25) is 0 Å². The maximum Gasteiger partial charge on any atom is 0.330 e.